The molecule has 1 amide bonds. The molecule has 3 nitrogen and oxygen atoms in total. The van der Waals surface area contributed by atoms with Gasteiger partial charge in [-0.15, -0.1) is 0 Å². The minimum atomic E-state index is 0.188. The van der Waals surface area contributed by atoms with Crippen molar-refractivity contribution < 1.29 is 4.79 Å². The van der Waals surface area contributed by atoms with Crippen molar-refractivity contribution in [2.24, 2.45) is 5.92 Å². The molecule has 0 aliphatic carbocycles. The molecule has 3 heteroatoms. The number of rotatable bonds is 2. The number of carbonyl (C=O) groups is 1. The van der Waals surface area contributed by atoms with Crippen LogP contribution in [0.5, 0.6) is 0 Å². The summed E-state index contributed by atoms with van der Waals surface area (Å²) in [7, 11) is 0. The number of hydrogen-bond donors (Lipinski definition) is 1. The van der Waals surface area contributed by atoms with Crippen LogP contribution in [0.25, 0.3) is 10.9 Å². The third-order valence-electron chi connectivity index (χ3n) is 4.94. The number of nitrogens with one attached hydrogen (secondary N) is 1. The summed E-state index contributed by atoms with van der Waals surface area (Å²) >= 11 is 0. The first-order valence-electron chi connectivity index (χ1n) is 7.98. The highest BCUT2D eigenvalue weighted by Crippen LogP contribution is 2.25. The highest BCUT2D eigenvalue weighted by molar-refractivity contribution is 5.99. The average molecular weight is 284 g/mol. The van der Waals surface area contributed by atoms with Gasteiger partial charge in [-0.1, -0.05) is 13.3 Å². The molecule has 3 rings (SSSR count). The Morgan fingerprint density at radius 1 is 1.38 bits per heavy atom. The second-order valence-electron chi connectivity index (χ2n) is 6.30. The maximum absolute atomic E-state index is 12.7. The molecule has 1 aliphatic heterocycles. The molecule has 2 aromatic rings. The molecule has 1 N–H and O–H groups in total. The summed E-state index contributed by atoms with van der Waals surface area (Å²) in [5.74, 6) is 0.857. The van der Waals surface area contributed by atoms with E-state index >= 15 is 0 Å². The summed E-state index contributed by atoms with van der Waals surface area (Å²) in [5.41, 5.74) is 4.36. The van der Waals surface area contributed by atoms with Crippen molar-refractivity contribution in [3.63, 3.8) is 0 Å². The van der Waals surface area contributed by atoms with E-state index in [0.717, 1.165) is 30.6 Å². The molecule has 1 saturated heterocycles. The molecular formula is C18H24N2O. The Hall–Kier alpha value is -1.77. The number of likely N-dealkylation sites (tertiary alicyclic amines) is 1. The van der Waals surface area contributed by atoms with Crippen molar-refractivity contribution in [1.82, 2.24) is 9.88 Å². The van der Waals surface area contributed by atoms with E-state index in [0.29, 0.717) is 5.92 Å². The molecule has 21 heavy (non-hydrogen) atoms. The second-order valence-corrected chi connectivity index (χ2v) is 6.30. The molecule has 0 bridgehead atoms. The Bertz CT molecular complexity index is 671. The SMILES string of the molecule is CCC1CCCN(C(=O)c2ccc3[nH]c(C)c(C)c3c2)C1. The molecule has 1 aliphatic rings. The second kappa shape index (κ2) is 5.55. The minimum Gasteiger partial charge on any atom is -0.358 e. The standard InChI is InChI=1S/C18H24N2O/c1-4-14-6-5-9-20(11-14)18(21)15-7-8-17-16(10-15)12(2)13(3)19-17/h7-8,10,14,19H,4-6,9,11H2,1-3H3. The lowest BCUT2D eigenvalue weighted by Gasteiger charge is -2.32. The lowest BCUT2D eigenvalue weighted by atomic mass is 9.95. The molecule has 0 saturated carbocycles. The molecule has 2 heterocycles. The highest BCUT2D eigenvalue weighted by Gasteiger charge is 2.23. The zero-order valence-corrected chi connectivity index (χ0v) is 13.2. The fourth-order valence-corrected chi connectivity index (χ4v) is 3.36. The maximum atomic E-state index is 12.7. The van der Waals surface area contributed by atoms with Gasteiger partial charge in [0.2, 0.25) is 0 Å². The molecule has 1 aromatic carbocycles. The largest absolute Gasteiger partial charge is 0.358 e. The third-order valence-corrected chi connectivity index (χ3v) is 4.94. The highest BCUT2D eigenvalue weighted by atomic mass is 16.2. The number of aromatic amines is 1. The van der Waals surface area contributed by atoms with Gasteiger partial charge in [-0.25, -0.2) is 0 Å². The summed E-state index contributed by atoms with van der Waals surface area (Å²) in [4.78, 5) is 18.1. The van der Waals surface area contributed by atoms with E-state index < -0.39 is 0 Å². The Morgan fingerprint density at radius 3 is 2.95 bits per heavy atom. The third kappa shape index (κ3) is 2.57. The van der Waals surface area contributed by atoms with Gasteiger partial charge in [-0.3, -0.25) is 4.79 Å². The molecule has 0 radical (unpaired) electrons. The van der Waals surface area contributed by atoms with E-state index in [4.69, 9.17) is 0 Å². The van der Waals surface area contributed by atoms with E-state index in [2.05, 4.69) is 25.8 Å². The van der Waals surface area contributed by atoms with Gasteiger partial charge < -0.3 is 9.88 Å². The van der Waals surface area contributed by atoms with Crippen LogP contribution in [0.15, 0.2) is 18.2 Å². The monoisotopic (exact) mass is 284 g/mol. The molecule has 112 valence electrons. The van der Waals surface area contributed by atoms with Crippen LogP contribution in [0.4, 0.5) is 0 Å². The van der Waals surface area contributed by atoms with Crippen molar-refractivity contribution in [1.29, 1.82) is 0 Å². The molecule has 1 fully saturated rings. The first kappa shape index (κ1) is 14.2. The van der Waals surface area contributed by atoms with Crippen molar-refractivity contribution in [2.75, 3.05) is 13.1 Å². The number of hydrogen-bond acceptors (Lipinski definition) is 1. The van der Waals surface area contributed by atoms with Gasteiger partial charge in [0, 0.05) is 35.2 Å². The van der Waals surface area contributed by atoms with Crippen molar-refractivity contribution in [2.45, 2.75) is 40.0 Å². The fourth-order valence-electron chi connectivity index (χ4n) is 3.36. The van der Waals surface area contributed by atoms with Gasteiger partial charge in [-0.05, 0) is 56.4 Å². The number of nitrogens with zero attached hydrogens (tertiary/aromatic N) is 1. The zero-order chi connectivity index (χ0) is 15.0. The Morgan fingerprint density at radius 2 is 2.19 bits per heavy atom. The summed E-state index contributed by atoms with van der Waals surface area (Å²) in [6, 6.07) is 6.03. The quantitative estimate of drug-likeness (QED) is 0.887. The van der Waals surface area contributed by atoms with Crippen LogP contribution in [0.3, 0.4) is 0 Å². The van der Waals surface area contributed by atoms with Crippen LogP contribution in [0.2, 0.25) is 0 Å². The van der Waals surface area contributed by atoms with Crippen molar-refractivity contribution in [3.05, 3.63) is 35.0 Å². The van der Waals surface area contributed by atoms with Crippen LogP contribution in [0.1, 0.15) is 47.8 Å². The van der Waals surface area contributed by atoms with E-state index in [9.17, 15) is 4.79 Å². The van der Waals surface area contributed by atoms with Crippen LogP contribution in [-0.4, -0.2) is 28.9 Å². The fraction of sp³-hybridized carbons (Fsp3) is 0.500. The first-order valence-corrected chi connectivity index (χ1v) is 7.98. The molecule has 1 aromatic heterocycles. The number of benzene rings is 1. The number of aryl methyl sites for hydroxylation is 2. The molecule has 1 unspecified atom stereocenters. The van der Waals surface area contributed by atoms with Crippen LogP contribution in [0, 0.1) is 19.8 Å². The smallest absolute Gasteiger partial charge is 0.253 e. The van der Waals surface area contributed by atoms with Crippen LogP contribution < -0.4 is 0 Å². The lowest BCUT2D eigenvalue weighted by molar-refractivity contribution is 0.0671. The van der Waals surface area contributed by atoms with E-state index in [1.807, 2.05) is 23.1 Å². The van der Waals surface area contributed by atoms with E-state index in [1.54, 1.807) is 0 Å². The Kier molecular flexibility index (Phi) is 3.75. The number of amides is 1. The number of carbonyl (C=O) groups excluding carboxylic acids is 1. The Balaban J connectivity index is 1.89. The van der Waals surface area contributed by atoms with Gasteiger partial charge in [0.05, 0.1) is 0 Å². The average Bonchev–Trinajstić information content (AvgIpc) is 2.81. The summed E-state index contributed by atoms with van der Waals surface area (Å²) < 4.78 is 0. The van der Waals surface area contributed by atoms with E-state index in [-0.39, 0.29) is 5.91 Å². The molecule has 1 atom stereocenters. The zero-order valence-electron chi connectivity index (χ0n) is 13.2. The first-order chi connectivity index (χ1) is 10.1. The maximum Gasteiger partial charge on any atom is 0.253 e. The number of fused-ring (bicyclic) bond motifs is 1. The predicted octanol–water partition coefficient (Wildman–Crippen LogP) is 4.05. The topological polar surface area (TPSA) is 36.1 Å². The number of piperidine rings is 1. The summed E-state index contributed by atoms with van der Waals surface area (Å²) in [6.07, 6.45) is 3.56. The molecular weight excluding hydrogens is 260 g/mol. The van der Waals surface area contributed by atoms with Crippen LogP contribution >= 0.6 is 0 Å². The molecule has 0 spiro atoms. The van der Waals surface area contributed by atoms with Gasteiger partial charge in [-0.2, -0.15) is 0 Å². The lowest BCUT2D eigenvalue weighted by Crippen LogP contribution is -2.39. The summed E-state index contributed by atoms with van der Waals surface area (Å²) in [5, 5.41) is 1.17. The van der Waals surface area contributed by atoms with Crippen LogP contribution in [-0.2, 0) is 0 Å². The Labute approximate surface area is 126 Å². The van der Waals surface area contributed by atoms with Gasteiger partial charge >= 0.3 is 0 Å². The normalized spacial score (nSPS) is 19.2. The van der Waals surface area contributed by atoms with E-state index in [1.165, 1.54) is 29.5 Å². The minimum absolute atomic E-state index is 0.188. The predicted molar refractivity (Wildman–Crippen MR) is 86.7 cm³/mol. The number of H-pyrrole nitrogens is 1. The summed E-state index contributed by atoms with van der Waals surface area (Å²) in [6.45, 7) is 8.22. The van der Waals surface area contributed by atoms with Gasteiger partial charge in [0.1, 0.15) is 0 Å². The van der Waals surface area contributed by atoms with Gasteiger partial charge in [0.15, 0.2) is 0 Å². The van der Waals surface area contributed by atoms with Crippen molar-refractivity contribution >= 4 is 16.8 Å². The number of aromatic nitrogens is 1. The van der Waals surface area contributed by atoms with Crippen molar-refractivity contribution in [3.8, 4) is 0 Å². The van der Waals surface area contributed by atoms with Gasteiger partial charge in [0.25, 0.3) is 5.91 Å².